The number of amides is 1. The number of nitrogens with one attached hydrogen (secondary N) is 1. The Morgan fingerprint density at radius 2 is 1.92 bits per heavy atom. The Hall–Kier alpha value is -2.60. The lowest BCUT2D eigenvalue weighted by molar-refractivity contribution is 0.0950. The van der Waals surface area contributed by atoms with Crippen molar-refractivity contribution in [1.29, 1.82) is 0 Å². The van der Waals surface area contributed by atoms with Crippen molar-refractivity contribution in [2.45, 2.75) is 24.9 Å². The maximum absolute atomic E-state index is 12.4. The van der Waals surface area contributed by atoms with Crippen LogP contribution in [0, 0.1) is 6.92 Å². The van der Waals surface area contributed by atoms with Gasteiger partial charge in [0.1, 0.15) is 12.7 Å². The average molecular weight is 352 g/mol. The van der Waals surface area contributed by atoms with Crippen LogP contribution >= 0.6 is 11.8 Å². The first kappa shape index (κ1) is 17.2. The van der Waals surface area contributed by atoms with Gasteiger partial charge in [0.05, 0.1) is 6.54 Å². The summed E-state index contributed by atoms with van der Waals surface area (Å²) in [6.07, 6.45) is 5.23. The zero-order chi connectivity index (χ0) is 17.6. The first-order valence-electron chi connectivity index (χ1n) is 7.99. The van der Waals surface area contributed by atoms with E-state index in [1.807, 2.05) is 55.6 Å². The molecule has 0 aliphatic carbocycles. The Morgan fingerprint density at radius 1 is 1.16 bits per heavy atom. The summed E-state index contributed by atoms with van der Waals surface area (Å²) >= 11 is 1.63. The zero-order valence-corrected chi connectivity index (χ0v) is 15.1. The SMILES string of the molecule is CSc1ccc(C)c(C(=O)NCc2ccc(Cn3cncn3)cc2)c1. The lowest BCUT2D eigenvalue weighted by Gasteiger charge is -2.10. The standard InChI is InChI=1S/C19H20N4OS/c1-14-3-8-17(25-2)9-18(14)19(24)21-10-15-4-6-16(7-5-15)11-23-13-20-12-22-23/h3-9,12-13H,10-11H2,1-2H3,(H,21,24). The van der Waals surface area contributed by atoms with Crippen LogP contribution in [-0.2, 0) is 13.1 Å². The molecule has 2 aromatic carbocycles. The Kier molecular flexibility index (Phi) is 5.50. The second-order valence-corrected chi connectivity index (χ2v) is 6.65. The molecular weight excluding hydrogens is 332 g/mol. The van der Waals surface area contributed by atoms with E-state index in [2.05, 4.69) is 15.4 Å². The third kappa shape index (κ3) is 4.48. The van der Waals surface area contributed by atoms with Gasteiger partial charge >= 0.3 is 0 Å². The molecule has 5 nitrogen and oxygen atoms in total. The van der Waals surface area contributed by atoms with Crippen LogP contribution in [0.4, 0.5) is 0 Å². The third-order valence-corrected chi connectivity index (χ3v) is 4.70. The van der Waals surface area contributed by atoms with E-state index in [0.29, 0.717) is 13.1 Å². The summed E-state index contributed by atoms with van der Waals surface area (Å²) in [5.41, 5.74) is 3.92. The molecule has 1 heterocycles. The molecule has 0 unspecified atom stereocenters. The van der Waals surface area contributed by atoms with Crippen LogP contribution in [0.5, 0.6) is 0 Å². The van der Waals surface area contributed by atoms with Gasteiger partial charge in [0, 0.05) is 17.0 Å². The van der Waals surface area contributed by atoms with E-state index < -0.39 is 0 Å². The van der Waals surface area contributed by atoms with Crippen molar-refractivity contribution in [1.82, 2.24) is 20.1 Å². The largest absolute Gasteiger partial charge is 0.348 e. The number of carbonyl (C=O) groups is 1. The Morgan fingerprint density at radius 3 is 2.60 bits per heavy atom. The molecule has 6 heteroatoms. The molecule has 3 aromatic rings. The van der Waals surface area contributed by atoms with Gasteiger partial charge < -0.3 is 5.32 Å². The minimum atomic E-state index is -0.0416. The van der Waals surface area contributed by atoms with Gasteiger partial charge in [-0.2, -0.15) is 5.10 Å². The van der Waals surface area contributed by atoms with Gasteiger partial charge in [0.2, 0.25) is 0 Å². The van der Waals surface area contributed by atoms with Crippen molar-refractivity contribution in [2.24, 2.45) is 0 Å². The number of hydrogen-bond acceptors (Lipinski definition) is 4. The second-order valence-electron chi connectivity index (χ2n) is 5.77. The van der Waals surface area contributed by atoms with Crippen LogP contribution in [0.3, 0.4) is 0 Å². The highest BCUT2D eigenvalue weighted by Gasteiger charge is 2.09. The molecule has 1 N–H and O–H groups in total. The van der Waals surface area contributed by atoms with Crippen molar-refractivity contribution < 1.29 is 4.79 Å². The molecule has 25 heavy (non-hydrogen) atoms. The molecule has 0 aliphatic rings. The topological polar surface area (TPSA) is 59.8 Å². The maximum Gasteiger partial charge on any atom is 0.251 e. The zero-order valence-electron chi connectivity index (χ0n) is 14.3. The first-order chi connectivity index (χ1) is 12.2. The van der Waals surface area contributed by atoms with Crippen LogP contribution in [0.2, 0.25) is 0 Å². The highest BCUT2D eigenvalue weighted by atomic mass is 32.2. The molecule has 1 amide bonds. The first-order valence-corrected chi connectivity index (χ1v) is 9.21. The molecule has 0 spiro atoms. The predicted molar refractivity (Wildman–Crippen MR) is 99.7 cm³/mol. The van der Waals surface area contributed by atoms with E-state index in [4.69, 9.17) is 0 Å². The van der Waals surface area contributed by atoms with Crippen molar-refractivity contribution in [3.05, 3.63) is 77.4 Å². The van der Waals surface area contributed by atoms with Crippen LogP contribution in [0.15, 0.2) is 60.0 Å². The number of thioether (sulfide) groups is 1. The fourth-order valence-corrected chi connectivity index (χ4v) is 2.95. The summed E-state index contributed by atoms with van der Waals surface area (Å²) in [6, 6.07) is 14.1. The van der Waals surface area contributed by atoms with Gasteiger partial charge in [0.15, 0.2) is 0 Å². The third-order valence-electron chi connectivity index (χ3n) is 3.98. The van der Waals surface area contributed by atoms with E-state index in [9.17, 15) is 4.79 Å². The van der Waals surface area contributed by atoms with Crippen molar-refractivity contribution in [2.75, 3.05) is 6.26 Å². The molecule has 0 atom stereocenters. The monoisotopic (exact) mass is 352 g/mol. The summed E-state index contributed by atoms with van der Waals surface area (Å²) in [5.74, 6) is -0.0416. The quantitative estimate of drug-likeness (QED) is 0.692. The number of hydrogen-bond donors (Lipinski definition) is 1. The molecule has 1 aromatic heterocycles. The molecule has 0 bridgehead atoms. The molecule has 0 saturated carbocycles. The summed E-state index contributed by atoms with van der Waals surface area (Å²) in [6.45, 7) is 3.15. The average Bonchev–Trinajstić information content (AvgIpc) is 3.14. The summed E-state index contributed by atoms with van der Waals surface area (Å²) < 4.78 is 1.78. The lowest BCUT2D eigenvalue weighted by Crippen LogP contribution is -2.23. The molecule has 0 radical (unpaired) electrons. The number of rotatable bonds is 6. The number of benzene rings is 2. The molecule has 128 valence electrons. The van der Waals surface area contributed by atoms with Crippen LogP contribution in [0.25, 0.3) is 0 Å². The molecule has 0 aliphatic heterocycles. The minimum Gasteiger partial charge on any atom is -0.348 e. The molecule has 0 saturated heterocycles. The molecular formula is C19H20N4OS. The van der Waals surface area contributed by atoms with E-state index >= 15 is 0 Å². The van der Waals surface area contributed by atoms with Gasteiger partial charge in [-0.1, -0.05) is 30.3 Å². The predicted octanol–water partition coefficient (Wildman–Crippen LogP) is 3.29. The Balaban J connectivity index is 1.60. The normalized spacial score (nSPS) is 10.6. The van der Waals surface area contributed by atoms with Crippen molar-refractivity contribution >= 4 is 17.7 Å². The van der Waals surface area contributed by atoms with Crippen LogP contribution in [0.1, 0.15) is 27.0 Å². The van der Waals surface area contributed by atoms with Crippen molar-refractivity contribution in [3.63, 3.8) is 0 Å². The van der Waals surface area contributed by atoms with Gasteiger partial charge in [-0.05, 0) is 42.0 Å². The van der Waals surface area contributed by atoms with Gasteiger partial charge in [-0.15, -0.1) is 11.8 Å². The smallest absolute Gasteiger partial charge is 0.251 e. The number of aryl methyl sites for hydroxylation is 1. The number of nitrogens with zero attached hydrogens (tertiary/aromatic N) is 3. The van der Waals surface area contributed by atoms with Crippen molar-refractivity contribution in [3.8, 4) is 0 Å². The van der Waals surface area contributed by atoms with Gasteiger partial charge in [0.25, 0.3) is 5.91 Å². The number of carbonyl (C=O) groups excluding carboxylic acids is 1. The van der Waals surface area contributed by atoms with E-state index in [0.717, 1.165) is 27.1 Å². The van der Waals surface area contributed by atoms with E-state index in [1.54, 1.807) is 22.8 Å². The molecule has 0 fully saturated rings. The minimum absolute atomic E-state index is 0.0416. The summed E-state index contributed by atoms with van der Waals surface area (Å²) in [4.78, 5) is 17.5. The Labute approximate surface area is 151 Å². The fraction of sp³-hybridized carbons (Fsp3) is 0.211. The summed E-state index contributed by atoms with van der Waals surface area (Å²) in [5, 5.41) is 7.09. The van der Waals surface area contributed by atoms with E-state index in [-0.39, 0.29) is 5.91 Å². The van der Waals surface area contributed by atoms with Crippen LogP contribution in [-0.4, -0.2) is 26.9 Å². The van der Waals surface area contributed by atoms with E-state index in [1.165, 1.54) is 6.33 Å². The number of aromatic nitrogens is 3. The summed E-state index contributed by atoms with van der Waals surface area (Å²) in [7, 11) is 0. The highest BCUT2D eigenvalue weighted by molar-refractivity contribution is 7.98. The maximum atomic E-state index is 12.4. The van der Waals surface area contributed by atoms with Gasteiger partial charge in [-0.25, -0.2) is 9.67 Å². The molecule has 3 rings (SSSR count). The second kappa shape index (κ2) is 7.98. The van der Waals surface area contributed by atoms with Gasteiger partial charge in [-0.3, -0.25) is 4.79 Å². The van der Waals surface area contributed by atoms with Crippen LogP contribution < -0.4 is 5.32 Å². The highest BCUT2D eigenvalue weighted by Crippen LogP contribution is 2.19. The lowest BCUT2D eigenvalue weighted by atomic mass is 10.1. The Bertz CT molecular complexity index is 844. The fourth-order valence-electron chi connectivity index (χ4n) is 2.51.